The fourth-order valence-corrected chi connectivity index (χ4v) is 3.29. The normalized spacial score (nSPS) is 26.7. The van der Waals surface area contributed by atoms with E-state index in [2.05, 4.69) is 4.98 Å². The van der Waals surface area contributed by atoms with E-state index in [1.807, 2.05) is 13.8 Å². The Morgan fingerprint density at radius 2 is 2.00 bits per heavy atom. The van der Waals surface area contributed by atoms with E-state index in [1.165, 1.54) is 25.7 Å². The average molecular weight is 240 g/mol. The molecule has 1 aliphatic rings. The zero-order chi connectivity index (χ0) is 11.5. The SMILES string of the molecule is Cc1nc(SC2CCCCCC2N)oc1C. The Bertz CT molecular complexity index is 331. The van der Waals surface area contributed by atoms with Gasteiger partial charge in [0, 0.05) is 11.3 Å². The van der Waals surface area contributed by atoms with Crippen LogP contribution in [-0.4, -0.2) is 16.3 Å². The fraction of sp³-hybridized carbons (Fsp3) is 0.750. The third-order valence-electron chi connectivity index (χ3n) is 3.26. The molecule has 2 N–H and O–H groups in total. The second-order valence-electron chi connectivity index (χ2n) is 4.58. The minimum absolute atomic E-state index is 0.292. The highest BCUT2D eigenvalue weighted by molar-refractivity contribution is 7.99. The van der Waals surface area contributed by atoms with Crippen LogP contribution in [0.2, 0.25) is 0 Å². The first-order valence-electron chi connectivity index (χ1n) is 6.03. The summed E-state index contributed by atoms with van der Waals surface area (Å²) in [5.41, 5.74) is 7.17. The molecule has 3 nitrogen and oxygen atoms in total. The highest BCUT2D eigenvalue weighted by Gasteiger charge is 2.23. The lowest BCUT2D eigenvalue weighted by Crippen LogP contribution is -2.31. The molecule has 0 amide bonds. The Kier molecular flexibility index (Phi) is 3.92. The molecule has 0 spiro atoms. The highest BCUT2D eigenvalue weighted by atomic mass is 32.2. The lowest BCUT2D eigenvalue weighted by Gasteiger charge is -2.18. The molecule has 0 radical (unpaired) electrons. The zero-order valence-corrected chi connectivity index (χ0v) is 10.8. The minimum atomic E-state index is 0.292. The van der Waals surface area contributed by atoms with Crippen LogP contribution in [0.3, 0.4) is 0 Å². The van der Waals surface area contributed by atoms with Gasteiger partial charge in [0.15, 0.2) is 0 Å². The summed E-state index contributed by atoms with van der Waals surface area (Å²) >= 11 is 1.72. The van der Waals surface area contributed by atoms with Crippen molar-refractivity contribution in [3.8, 4) is 0 Å². The van der Waals surface area contributed by atoms with Crippen molar-refractivity contribution in [2.24, 2.45) is 5.73 Å². The van der Waals surface area contributed by atoms with Crippen LogP contribution in [0.25, 0.3) is 0 Å². The van der Waals surface area contributed by atoms with Crippen LogP contribution in [0.1, 0.15) is 43.6 Å². The summed E-state index contributed by atoms with van der Waals surface area (Å²) in [6.07, 6.45) is 6.18. The Morgan fingerprint density at radius 3 is 2.69 bits per heavy atom. The summed E-state index contributed by atoms with van der Waals surface area (Å²) in [7, 11) is 0. The number of rotatable bonds is 2. The van der Waals surface area contributed by atoms with Crippen molar-refractivity contribution >= 4 is 11.8 Å². The molecule has 1 heterocycles. The van der Waals surface area contributed by atoms with E-state index in [0.717, 1.165) is 23.1 Å². The lowest BCUT2D eigenvalue weighted by molar-refractivity contribution is 0.428. The largest absolute Gasteiger partial charge is 0.437 e. The molecule has 1 aromatic heterocycles. The van der Waals surface area contributed by atoms with Crippen LogP contribution < -0.4 is 5.73 Å². The van der Waals surface area contributed by atoms with Crippen LogP contribution in [0.15, 0.2) is 9.64 Å². The molecule has 90 valence electrons. The summed E-state index contributed by atoms with van der Waals surface area (Å²) in [6.45, 7) is 3.94. The fourth-order valence-electron chi connectivity index (χ4n) is 2.07. The van der Waals surface area contributed by atoms with Gasteiger partial charge in [-0.3, -0.25) is 0 Å². The molecule has 1 saturated carbocycles. The predicted octanol–water partition coefficient (Wildman–Crippen LogP) is 3.04. The number of nitrogens with two attached hydrogens (primary N) is 1. The van der Waals surface area contributed by atoms with E-state index in [4.69, 9.17) is 10.2 Å². The first-order valence-corrected chi connectivity index (χ1v) is 6.91. The smallest absolute Gasteiger partial charge is 0.256 e. The van der Waals surface area contributed by atoms with Gasteiger partial charge >= 0.3 is 0 Å². The molecule has 1 aliphatic carbocycles. The average Bonchev–Trinajstić information content (AvgIpc) is 2.44. The molecular weight excluding hydrogens is 220 g/mol. The number of oxazole rings is 1. The second kappa shape index (κ2) is 5.23. The summed E-state index contributed by atoms with van der Waals surface area (Å²) < 4.78 is 5.60. The lowest BCUT2D eigenvalue weighted by atomic mass is 10.1. The van der Waals surface area contributed by atoms with Crippen molar-refractivity contribution in [1.29, 1.82) is 0 Å². The summed E-state index contributed by atoms with van der Waals surface area (Å²) in [6, 6.07) is 0.292. The number of nitrogens with zero attached hydrogens (tertiary/aromatic N) is 1. The third-order valence-corrected chi connectivity index (χ3v) is 4.53. The summed E-state index contributed by atoms with van der Waals surface area (Å²) in [5, 5.41) is 1.26. The molecular formula is C12H20N2OS. The van der Waals surface area contributed by atoms with Gasteiger partial charge in [0.2, 0.25) is 0 Å². The van der Waals surface area contributed by atoms with E-state index in [-0.39, 0.29) is 0 Å². The second-order valence-corrected chi connectivity index (χ2v) is 5.77. The molecule has 0 aliphatic heterocycles. The van der Waals surface area contributed by atoms with Crippen LogP contribution >= 0.6 is 11.8 Å². The van der Waals surface area contributed by atoms with Crippen molar-refractivity contribution in [3.05, 3.63) is 11.5 Å². The molecule has 0 saturated heterocycles. The molecule has 0 bridgehead atoms. The first kappa shape index (κ1) is 12.0. The highest BCUT2D eigenvalue weighted by Crippen LogP contribution is 2.32. The van der Waals surface area contributed by atoms with Crippen LogP contribution in [-0.2, 0) is 0 Å². The quantitative estimate of drug-likeness (QED) is 0.807. The van der Waals surface area contributed by atoms with Crippen molar-refractivity contribution < 1.29 is 4.42 Å². The topological polar surface area (TPSA) is 52.0 Å². The van der Waals surface area contributed by atoms with Gasteiger partial charge in [-0.2, -0.15) is 0 Å². The van der Waals surface area contributed by atoms with Gasteiger partial charge < -0.3 is 10.2 Å². The maximum Gasteiger partial charge on any atom is 0.256 e. The summed E-state index contributed by atoms with van der Waals surface area (Å²) in [5.74, 6) is 0.921. The van der Waals surface area contributed by atoms with E-state index < -0.39 is 0 Å². The number of hydrogen-bond acceptors (Lipinski definition) is 4. The molecule has 2 atom stereocenters. The molecule has 16 heavy (non-hydrogen) atoms. The van der Waals surface area contributed by atoms with Crippen LogP contribution in [0.5, 0.6) is 0 Å². The molecule has 2 rings (SSSR count). The zero-order valence-electron chi connectivity index (χ0n) is 10.0. The first-order chi connectivity index (χ1) is 7.66. The number of aromatic nitrogens is 1. The Morgan fingerprint density at radius 1 is 1.25 bits per heavy atom. The molecule has 1 fully saturated rings. The van der Waals surface area contributed by atoms with E-state index in [1.54, 1.807) is 11.8 Å². The maximum absolute atomic E-state index is 6.18. The number of hydrogen-bond donors (Lipinski definition) is 1. The van der Waals surface area contributed by atoms with Gasteiger partial charge in [-0.05, 0) is 26.7 Å². The molecule has 4 heteroatoms. The third kappa shape index (κ3) is 2.80. The van der Waals surface area contributed by atoms with Crippen molar-refractivity contribution in [1.82, 2.24) is 4.98 Å². The van der Waals surface area contributed by atoms with Gasteiger partial charge in [0.05, 0.1) is 5.69 Å². The summed E-state index contributed by atoms with van der Waals surface area (Å²) in [4.78, 5) is 4.41. The Balaban J connectivity index is 2.01. The molecule has 0 aromatic carbocycles. The number of aryl methyl sites for hydroxylation is 2. The van der Waals surface area contributed by atoms with E-state index in [9.17, 15) is 0 Å². The minimum Gasteiger partial charge on any atom is -0.437 e. The standard InChI is InChI=1S/C12H20N2OS/c1-8-9(2)15-12(14-8)16-11-7-5-3-4-6-10(11)13/h10-11H,3-7,13H2,1-2H3. The van der Waals surface area contributed by atoms with Gasteiger partial charge in [0.1, 0.15) is 5.76 Å². The van der Waals surface area contributed by atoms with Gasteiger partial charge in [-0.15, -0.1) is 0 Å². The molecule has 2 unspecified atom stereocenters. The molecule has 1 aromatic rings. The van der Waals surface area contributed by atoms with Crippen molar-refractivity contribution in [3.63, 3.8) is 0 Å². The van der Waals surface area contributed by atoms with Gasteiger partial charge in [-0.1, -0.05) is 31.0 Å². The monoisotopic (exact) mass is 240 g/mol. The van der Waals surface area contributed by atoms with Crippen LogP contribution in [0.4, 0.5) is 0 Å². The van der Waals surface area contributed by atoms with Crippen LogP contribution in [0, 0.1) is 13.8 Å². The van der Waals surface area contributed by atoms with Gasteiger partial charge in [0.25, 0.3) is 5.22 Å². The van der Waals surface area contributed by atoms with E-state index in [0.29, 0.717) is 11.3 Å². The predicted molar refractivity (Wildman–Crippen MR) is 66.7 cm³/mol. The van der Waals surface area contributed by atoms with Gasteiger partial charge in [-0.25, -0.2) is 4.98 Å². The Labute approximate surface area is 101 Å². The van der Waals surface area contributed by atoms with Crippen molar-refractivity contribution in [2.75, 3.05) is 0 Å². The van der Waals surface area contributed by atoms with E-state index >= 15 is 0 Å². The Hall–Kier alpha value is -0.480. The van der Waals surface area contributed by atoms with Crippen molar-refractivity contribution in [2.45, 2.75) is 62.5 Å². The number of thioether (sulfide) groups is 1. The maximum atomic E-state index is 6.18.